The van der Waals surface area contributed by atoms with E-state index in [-0.39, 0.29) is 0 Å². The minimum atomic E-state index is -1.19. The molecule has 1 aliphatic carbocycles. The summed E-state index contributed by atoms with van der Waals surface area (Å²) in [4.78, 5) is 4.13. The summed E-state index contributed by atoms with van der Waals surface area (Å²) in [6.45, 7) is 1.35. The number of hydrogen-bond acceptors (Lipinski definition) is 5. The molecule has 3 heterocycles. The monoisotopic (exact) mass is 319 g/mol. The summed E-state index contributed by atoms with van der Waals surface area (Å²) in [6.07, 6.45) is 7.95. The van der Waals surface area contributed by atoms with Crippen LogP contribution in [0, 0.1) is 0 Å². The van der Waals surface area contributed by atoms with E-state index in [9.17, 15) is 4.21 Å². The SMILES string of the molecule is CS(=O)c1ncc2ccc(C3=CCC4(CC3)OCCO4)n2n1. The van der Waals surface area contributed by atoms with Gasteiger partial charge in [0.15, 0.2) is 5.79 Å². The summed E-state index contributed by atoms with van der Waals surface area (Å²) < 4.78 is 24.9. The highest BCUT2D eigenvalue weighted by Gasteiger charge is 2.38. The second kappa shape index (κ2) is 5.26. The maximum atomic E-state index is 11.6. The van der Waals surface area contributed by atoms with Gasteiger partial charge in [0.1, 0.15) is 0 Å². The molecule has 6 nitrogen and oxygen atoms in total. The summed E-state index contributed by atoms with van der Waals surface area (Å²) in [5.41, 5.74) is 3.15. The molecule has 0 N–H and O–H groups in total. The van der Waals surface area contributed by atoms with Gasteiger partial charge in [0.2, 0.25) is 5.16 Å². The molecule has 2 aromatic heterocycles. The van der Waals surface area contributed by atoms with E-state index in [2.05, 4.69) is 16.2 Å². The Labute approximate surface area is 130 Å². The van der Waals surface area contributed by atoms with Crippen molar-refractivity contribution in [2.24, 2.45) is 0 Å². The molecule has 2 aromatic rings. The molecule has 4 rings (SSSR count). The molecule has 7 heteroatoms. The third kappa shape index (κ3) is 2.29. The van der Waals surface area contributed by atoms with Crippen LogP contribution in [0.1, 0.15) is 25.0 Å². The third-order valence-corrected chi connectivity index (χ3v) is 4.91. The molecule has 116 valence electrons. The average Bonchev–Trinajstić information content (AvgIpc) is 3.15. The fourth-order valence-corrected chi connectivity index (χ4v) is 3.46. The Morgan fingerprint density at radius 3 is 2.82 bits per heavy atom. The summed E-state index contributed by atoms with van der Waals surface area (Å²) in [6, 6.07) is 4.01. The van der Waals surface area contributed by atoms with Crippen LogP contribution in [0.3, 0.4) is 0 Å². The van der Waals surface area contributed by atoms with Crippen molar-refractivity contribution in [2.75, 3.05) is 19.5 Å². The van der Waals surface area contributed by atoms with Crippen LogP contribution in [0.25, 0.3) is 11.1 Å². The van der Waals surface area contributed by atoms with Crippen LogP contribution in [-0.2, 0) is 20.3 Å². The third-order valence-electron chi connectivity index (χ3n) is 4.21. The highest BCUT2D eigenvalue weighted by atomic mass is 32.2. The van der Waals surface area contributed by atoms with Crippen molar-refractivity contribution in [1.29, 1.82) is 0 Å². The summed E-state index contributed by atoms with van der Waals surface area (Å²) in [5.74, 6) is -0.415. The smallest absolute Gasteiger partial charge is 0.237 e. The highest BCUT2D eigenvalue weighted by molar-refractivity contribution is 7.84. The Kier molecular flexibility index (Phi) is 3.36. The lowest BCUT2D eigenvalue weighted by molar-refractivity contribution is -0.159. The second-order valence-corrected chi connectivity index (χ2v) is 6.86. The number of fused-ring (bicyclic) bond motifs is 1. The maximum absolute atomic E-state index is 11.6. The predicted octanol–water partition coefficient (Wildman–Crippen LogP) is 1.78. The first-order valence-corrected chi connectivity index (χ1v) is 8.88. The van der Waals surface area contributed by atoms with Gasteiger partial charge in [-0.05, 0) is 24.1 Å². The van der Waals surface area contributed by atoms with Crippen LogP contribution < -0.4 is 0 Å². The van der Waals surface area contributed by atoms with Crippen LogP contribution in [0.15, 0.2) is 29.6 Å². The van der Waals surface area contributed by atoms with Gasteiger partial charge in [-0.2, -0.15) is 0 Å². The minimum Gasteiger partial charge on any atom is -0.347 e. The topological polar surface area (TPSA) is 65.7 Å². The van der Waals surface area contributed by atoms with Crippen LogP contribution in [0.5, 0.6) is 0 Å². The predicted molar refractivity (Wildman–Crippen MR) is 81.8 cm³/mol. The highest BCUT2D eigenvalue weighted by Crippen LogP contribution is 2.38. The lowest BCUT2D eigenvalue weighted by Gasteiger charge is -2.30. The standard InChI is InChI=1S/C15H17N3O3S/c1-22(19)14-16-10-12-2-3-13(18(12)17-14)11-4-6-15(7-5-11)20-8-9-21-15/h2-4,10H,5-9H2,1H3. The normalized spacial score (nSPS) is 22.1. The summed E-state index contributed by atoms with van der Waals surface area (Å²) >= 11 is 0. The Bertz CT molecular complexity index is 777. The summed E-state index contributed by atoms with van der Waals surface area (Å²) in [5, 5.41) is 4.75. The molecule has 1 aliphatic heterocycles. The largest absolute Gasteiger partial charge is 0.347 e. The van der Waals surface area contributed by atoms with E-state index in [0.717, 1.165) is 30.5 Å². The number of rotatable bonds is 2. The van der Waals surface area contributed by atoms with Gasteiger partial charge in [-0.25, -0.2) is 9.50 Å². The van der Waals surface area contributed by atoms with Gasteiger partial charge in [0.05, 0.1) is 41.4 Å². The van der Waals surface area contributed by atoms with Crippen LogP contribution in [0.4, 0.5) is 0 Å². The lowest BCUT2D eigenvalue weighted by Crippen LogP contribution is -2.31. The number of allylic oxidation sites excluding steroid dienone is 1. The number of hydrogen-bond donors (Lipinski definition) is 0. The molecule has 0 aromatic carbocycles. The molecule has 1 fully saturated rings. The molecule has 0 amide bonds. The fraction of sp³-hybridized carbons (Fsp3) is 0.467. The molecule has 1 saturated heterocycles. The molecule has 0 bridgehead atoms. The number of ether oxygens (including phenoxy) is 2. The average molecular weight is 319 g/mol. The van der Waals surface area contributed by atoms with Gasteiger partial charge in [-0.1, -0.05) is 6.08 Å². The minimum absolute atomic E-state index is 0.347. The molecular formula is C15H17N3O3S. The molecule has 22 heavy (non-hydrogen) atoms. The van der Waals surface area contributed by atoms with Gasteiger partial charge >= 0.3 is 0 Å². The quantitative estimate of drug-likeness (QED) is 0.844. The zero-order chi connectivity index (χ0) is 15.2. The van der Waals surface area contributed by atoms with E-state index in [0.29, 0.717) is 18.4 Å². The maximum Gasteiger partial charge on any atom is 0.237 e. The molecule has 0 saturated carbocycles. The van der Waals surface area contributed by atoms with Crippen molar-refractivity contribution in [3.05, 3.63) is 30.1 Å². The Hall–Kier alpha value is -1.57. The van der Waals surface area contributed by atoms with Gasteiger partial charge in [-0.3, -0.25) is 4.21 Å². The molecule has 1 unspecified atom stereocenters. The first kappa shape index (κ1) is 14.0. The number of aromatic nitrogens is 3. The molecule has 1 spiro atoms. The van der Waals surface area contributed by atoms with Crippen molar-refractivity contribution >= 4 is 21.9 Å². The van der Waals surface area contributed by atoms with Crippen LogP contribution in [0.2, 0.25) is 0 Å². The van der Waals surface area contributed by atoms with Crippen molar-refractivity contribution in [1.82, 2.24) is 14.6 Å². The van der Waals surface area contributed by atoms with Gasteiger partial charge in [0, 0.05) is 19.1 Å². The lowest BCUT2D eigenvalue weighted by atomic mass is 9.92. The molecular weight excluding hydrogens is 302 g/mol. The van der Waals surface area contributed by atoms with Crippen molar-refractivity contribution in [3.63, 3.8) is 0 Å². The van der Waals surface area contributed by atoms with E-state index in [1.54, 1.807) is 12.5 Å². The zero-order valence-corrected chi connectivity index (χ0v) is 13.1. The molecule has 2 aliphatic rings. The molecule has 0 radical (unpaired) electrons. The van der Waals surface area contributed by atoms with Crippen molar-refractivity contribution in [2.45, 2.75) is 30.2 Å². The first-order valence-electron chi connectivity index (χ1n) is 7.32. The first-order chi connectivity index (χ1) is 10.7. The Morgan fingerprint density at radius 1 is 1.32 bits per heavy atom. The van der Waals surface area contributed by atoms with E-state index in [1.165, 1.54) is 5.57 Å². The summed E-state index contributed by atoms with van der Waals surface area (Å²) in [7, 11) is -1.19. The van der Waals surface area contributed by atoms with E-state index in [4.69, 9.17) is 9.47 Å². The Balaban J connectivity index is 1.70. The van der Waals surface area contributed by atoms with Crippen LogP contribution >= 0.6 is 0 Å². The van der Waals surface area contributed by atoms with Gasteiger partial charge in [0.25, 0.3) is 0 Å². The number of nitrogens with zero attached hydrogens (tertiary/aromatic N) is 3. The second-order valence-electron chi connectivity index (χ2n) is 5.59. The Morgan fingerprint density at radius 2 is 2.14 bits per heavy atom. The van der Waals surface area contributed by atoms with Crippen molar-refractivity contribution < 1.29 is 13.7 Å². The van der Waals surface area contributed by atoms with Gasteiger partial charge < -0.3 is 9.47 Å². The fourth-order valence-electron chi connectivity index (χ4n) is 3.06. The van der Waals surface area contributed by atoms with E-state index in [1.807, 2.05) is 16.6 Å². The van der Waals surface area contributed by atoms with Crippen molar-refractivity contribution in [3.8, 4) is 0 Å². The van der Waals surface area contributed by atoms with E-state index >= 15 is 0 Å². The molecule has 1 atom stereocenters. The van der Waals surface area contributed by atoms with E-state index < -0.39 is 16.6 Å². The van der Waals surface area contributed by atoms with Gasteiger partial charge in [-0.15, -0.1) is 5.10 Å². The zero-order valence-electron chi connectivity index (χ0n) is 12.3. The van der Waals surface area contributed by atoms with Crippen LogP contribution in [-0.4, -0.2) is 44.1 Å².